The lowest BCUT2D eigenvalue weighted by Gasteiger charge is -2.20. The van der Waals surface area contributed by atoms with Crippen molar-refractivity contribution >= 4 is 29.3 Å². The summed E-state index contributed by atoms with van der Waals surface area (Å²) in [7, 11) is 1.47. The van der Waals surface area contributed by atoms with Gasteiger partial charge in [-0.1, -0.05) is 0 Å². The van der Waals surface area contributed by atoms with E-state index in [0.717, 1.165) is 24.3 Å². The number of methoxy groups -OCH3 is 1. The van der Waals surface area contributed by atoms with Gasteiger partial charge in [-0.3, -0.25) is 4.79 Å². The van der Waals surface area contributed by atoms with Crippen LogP contribution in [0.5, 0.6) is 5.75 Å². The molecular weight excluding hydrogens is 290 g/mol. The number of thioether (sulfide) groups is 1. The van der Waals surface area contributed by atoms with Gasteiger partial charge in [0.1, 0.15) is 5.75 Å². The zero-order valence-corrected chi connectivity index (χ0v) is 12.7. The zero-order chi connectivity index (χ0) is 15.2. The van der Waals surface area contributed by atoms with Crippen molar-refractivity contribution in [2.75, 3.05) is 23.9 Å². The summed E-state index contributed by atoms with van der Waals surface area (Å²) in [5, 5.41) is 11.9. The molecule has 1 amide bonds. The fraction of sp³-hybridized carbons (Fsp3) is 0.467. The van der Waals surface area contributed by atoms with Gasteiger partial charge in [0.15, 0.2) is 0 Å². The van der Waals surface area contributed by atoms with Gasteiger partial charge in [-0.2, -0.15) is 11.8 Å². The maximum Gasteiger partial charge on any atom is 0.337 e. The molecule has 0 spiro atoms. The van der Waals surface area contributed by atoms with Crippen LogP contribution in [0.2, 0.25) is 0 Å². The number of rotatable bonds is 5. The number of carboxylic acid groups (broad SMARTS) is 1. The Morgan fingerprint density at radius 1 is 1.38 bits per heavy atom. The Balaban J connectivity index is 2.04. The predicted molar refractivity (Wildman–Crippen MR) is 83.2 cm³/mol. The molecule has 0 atom stereocenters. The summed E-state index contributed by atoms with van der Waals surface area (Å²) in [5.41, 5.74) is 0.361. The van der Waals surface area contributed by atoms with Crippen LogP contribution in [0.1, 0.15) is 29.6 Å². The van der Waals surface area contributed by atoms with E-state index < -0.39 is 5.97 Å². The van der Waals surface area contributed by atoms with Crippen molar-refractivity contribution in [3.8, 4) is 5.75 Å². The maximum absolute atomic E-state index is 12.1. The largest absolute Gasteiger partial charge is 0.497 e. The Kier molecular flexibility index (Phi) is 5.50. The molecule has 1 aliphatic rings. The first-order chi connectivity index (χ1) is 10.1. The van der Waals surface area contributed by atoms with Crippen LogP contribution in [0, 0.1) is 5.92 Å². The topological polar surface area (TPSA) is 75.6 Å². The van der Waals surface area contributed by atoms with Crippen molar-refractivity contribution in [3.63, 3.8) is 0 Å². The van der Waals surface area contributed by atoms with Gasteiger partial charge in [0, 0.05) is 6.42 Å². The number of ether oxygens (including phenoxy) is 1. The van der Waals surface area contributed by atoms with E-state index in [9.17, 15) is 14.7 Å². The van der Waals surface area contributed by atoms with Crippen LogP contribution in [0.4, 0.5) is 5.69 Å². The molecule has 0 radical (unpaired) electrons. The summed E-state index contributed by atoms with van der Waals surface area (Å²) in [4.78, 5) is 23.3. The molecule has 0 bridgehead atoms. The minimum atomic E-state index is -1.08. The third-order valence-corrected chi connectivity index (χ3v) is 4.59. The Bertz CT molecular complexity index is 526. The smallest absolute Gasteiger partial charge is 0.337 e. The second-order valence-corrected chi connectivity index (χ2v) is 6.25. The summed E-state index contributed by atoms with van der Waals surface area (Å²) in [6.45, 7) is 0. The predicted octanol–water partition coefficient (Wildman–Crippen LogP) is 2.87. The SMILES string of the molecule is COc1ccc(NC(=O)CC2CCSCC2)c(C(=O)O)c1. The van der Waals surface area contributed by atoms with Gasteiger partial charge in [-0.25, -0.2) is 4.79 Å². The van der Waals surface area contributed by atoms with Crippen molar-refractivity contribution in [1.29, 1.82) is 0 Å². The molecule has 1 heterocycles. The summed E-state index contributed by atoms with van der Waals surface area (Å²) in [6.07, 6.45) is 2.55. The Morgan fingerprint density at radius 3 is 2.71 bits per heavy atom. The highest BCUT2D eigenvalue weighted by Crippen LogP contribution is 2.27. The van der Waals surface area contributed by atoms with Crippen LogP contribution in [0.15, 0.2) is 18.2 Å². The van der Waals surface area contributed by atoms with E-state index in [1.165, 1.54) is 13.2 Å². The highest BCUT2D eigenvalue weighted by atomic mass is 32.2. The zero-order valence-electron chi connectivity index (χ0n) is 11.9. The Morgan fingerprint density at radius 2 is 2.10 bits per heavy atom. The summed E-state index contributed by atoms with van der Waals surface area (Å²) in [5.74, 6) is 1.84. The van der Waals surface area contributed by atoms with Crippen LogP contribution in [0.25, 0.3) is 0 Å². The molecular formula is C15H19NO4S. The van der Waals surface area contributed by atoms with Gasteiger partial charge in [-0.15, -0.1) is 0 Å². The van der Waals surface area contributed by atoms with Gasteiger partial charge >= 0.3 is 5.97 Å². The number of anilines is 1. The Labute approximate surface area is 128 Å². The highest BCUT2D eigenvalue weighted by Gasteiger charge is 2.19. The van der Waals surface area contributed by atoms with Crippen LogP contribution in [-0.2, 0) is 4.79 Å². The first-order valence-electron chi connectivity index (χ1n) is 6.89. The number of hydrogen-bond donors (Lipinski definition) is 2. The first-order valence-corrected chi connectivity index (χ1v) is 8.04. The molecule has 0 aromatic heterocycles. The molecule has 5 nitrogen and oxygen atoms in total. The second kappa shape index (κ2) is 7.36. The quantitative estimate of drug-likeness (QED) is 0.874. The molecule has 1 aromatic rings. The van der Waals surface area contributed by atoms with E-state index in [2.05, 4.69) is 5.32 Å². The molecule has 114 valence electrons. The number of nitrogens with one attached hydrogen (secondary N) is 1. The summed E-state index contributed by atoms with van der Waals surface area (Å²) < 4.78 is 5.01. The standard InChI is InChI=1S/C15H19NO4S/c1-20-11-2-3-13(12(9-11)15(18)19)16-14(17)8-10-4-6-21-7-5-10/h2-3,9-10H,4-8H2,1H3,(H,16,17)(H,18,19). The molecule has 1 saturated heterocycles. The lowest BCUT2D eigenvalue weighted by Crippen LogP contribution is -2.20. The summed E-state index contributed by atoms with van der Waals surface area (Å²) in [6, 6.07) is 4.62. The van der Waals surface area contributed by atoms with E-state index >= 15 is 0 Å². The van der Waals surface area contributed by atoms with Crippen molar-refractivity contribution in [2.24, 2.45) is 5.92 Å². The number of aromatic carboxylic acids is 1. The molecule has 1 aromatic carbocycles. The average molecular weight is 309 g/mol. The first kappa shape index (κ1) is 15.7. The number of carbonyl (C=O) groups excluding carboxylic acids is 1. The van der Waals surface area contributed by atoms with Gasteiger partial charge in [-0.05, 0) is 48.5 Å². The van der Waals surface area contributed by atoms with E-state index in [1.807, 2.05) is 11.8 Å². The lowest BCUT2D eigenvalue weighted by atomic mass is 9.98. The van der Waals surface area contributed by atoms with Crippen LogP contribution >= 0.6 is 11.8 Å². The minimum Gasteiger partial charge on any atom is -0.497 e. The van der Waals surface area contributed by atoms with Crippen LogP contribution in [0.3, 0.4) is 0 Å². The number of amides is 1. The van der Waals surface area contributed by atoms with Gasteiger partial charge in [0.2, 0.25) is 5.91 Å². The van der Waals surface area contributed by atoms with Gasteiger partial charge in [0.25, 0.3) is 0 Å². The average Bonchev–Trinajstić information content (AvgIpc) is 2.48. The number of benzene rings is 1. The summed E-state index contributed by atoms with van der Waals surface area (Å²) >= 11 is 1.92. The Hall–Kier alpha value is -1.69. The molecule has 1 fully saturated rings. The van der Waals surface area contributed by atoms with E-state index in [4.69, 9.17) is 4.74 Å². The molecule has 2 rings (SSSR count). The monoisotopic (exact) mass is 309 g/mol. The normalized spacial score (nSPS) is 15.5. The van der Waals surface area contributed by atoms with Crippen molar-refractivity contribution in [2.45, 2.75) is 19.3 Å². The van der Waals surface area contributed by atoms with Crippen molar-refractivity contribution < 1.29 is 19.4 Å². The molecule has 0 saturated carbocycles. The van der Waals surface area contributed by atoms with E-state index in [1.54, 1.807) is 12.1 Å². The van der Waals surface area contributed by atoms with Gasteiger partial charge < -0.3 is 15.2 Å². The van der Waals surface area contributed by atoms with Crippen molar-refractivity contribution in [1.82, 2.24) is 0 Å². The molecule has 0 unspecified atom stereocenters. The van der Waals surface area contributed by atoms with Crippen LogP contribution in [-0.4, -0.2) is 35.6 Å². The highest BCUT2D eigenvalue weighted by molar-refractivity contribution is 7.99. The number of hydrogen-bond acceptors (Lipinski definition) is 4. The molecule has 2 N–H and O–H groups in total. The molecule has 21 heavy (non-hydrogen) atoms. The van der Waals surface area contributed by atoms with E-state index in [0.29, 0.717) is 23.8 Å². The molecule has 6 heteroatoms. The fourth-order valence-electron chi connectivity index (χ4n) is 2.35. The minimum absolute atomic E-state index is 0.0434. The number of carbonyl (C=O) groups is 2. The van der Waals surface area contributed by atoms with E-state index in [-0.39, 0.29) is 11.5 Å². The maximum atomic E-state index is 12.1. The third-order valence-electron chi connectivity index (χ3n) is 3.55. The number of carboxylic acids is 1. The lowest BCUT2D eigenvalue weighted by molar-refractivity contribution is -0.117. The fourth-order valence-corrected chi connectivity index (χ4v) is 3.55. The molecule has 1 aliphatic heterocycles. The van der Waals surface area contributed by atoms with Gasteiger partial charge in [0.05, 0.1) is 18.4 Å². The second-order valence-electron chi connectivity index (χ2n) is 5.02. The van der Waals surface area contributed by atoms with Crippen molar-refractivity contribution in [3.05, 3.63) is 23.8 Å². The van der Waals surface area contributed by atoms with Crippen LogP contribution < -0.4 is 10.1 Å². The third kappa shape index (κ3) is 4.39. The molecule has 0 aliphatic carbocycles.